The van der Waals surface area contributed by atoms with Crippen molar-refractivity contribution in [2.75, 3.05) is 5.32 Å². The zero-order valence-electron chi connectivity index (χ0n) is 10.5. The molecule has 0 aliphatic carbocycles. The van der Waals surface area contributed by atoms with Gasteiger partial charge in [-0.2, -0.15) is 4.98 Å². The molecule has 1 amide bonds. The van der Waals surface area contributed by atoms with Gasteiger partial charge in [0.15, 0.2) is 6.10 Å². The third-order valence-corrected chi connectivity index (χ3v) is 2.80. The Bertz CT molecular complexity index is 585. The number of hydrogen-bond donors (Lipinski definition) is 2. The first-order valence-electron chi connectivity index (χ1n) is 5.66. The second-order valence-electron chi connectivity index (χ2n) is 3.95. The van der Waals surface area contributed by atoms with Crippen LogP contribution in [0.15, 0.2) is 28.7 Å². The number of nitrogens with zero attached hydrogens (tertiary/aromatic N) is 2. The molecule has 0 saturated carbocycles. The Morgan fingerprint density at radius 3 is 2.95 bits per heavy atom. The molecule has 2 N–H and O–H groups in total. The van der Waals surface area contributed by atoms with Gasteiger partial charge in [-0.05, 0) is 32.0 Å². The summed E-state index contributed by atoms with van der Waals surface area (Å²) >= 11 is 3.34. The van der Waals surface area contributed by atoms with E-state index in [0.29, 0.717) is 11.6 Å². The fourth-order valence-electron chi connectivity index (χ4n) is 1.41. The summed E-state index contributed by atoms with van der Waals surface area (Å²) in [6.07, 6.45) is -0.645. The Hall–Kier alpha value is -1.89. The summed E-state index contributed by atoms with van der Waals surface area (Å²) in [7, 11) is 0. The number of halogens is 1. The lowest BCUT2D eigenvalue weighted by molar-refractivity contribution is -0.122. The number of benzene rings is 1. The monoisotopic (exact) mass is 324 g/mol. The van der Waals surface area contributed by atoms with Crippen LogP contribution in [-0.4, -0.2) is 27.2 Å². The molecule has 1 heterocycles. The highest BCUT2D eigenvalue weighted by atomic mass is 79.9. The predicted octanol–water partition coefficient (Wildman–Crippen LogP) is 2.28. The van der Waals surface area contributed by atoms with E-state index < -0.39 is 6.10 Å². The molecule has 100 valence electrons. The standard InChI is InChI=1S/C12H13BrN4O2/c1-7(19-10-5-3-4-9(13)6-10)11(18)15-12-14-8(2)16-17-12/h3-7H,1-2H3,(H2,14,15,16,17,18)/t7-/m1/s1. The molecule has 6 nitrogen and oxygen atoms in total. The Kier molecular flexibility index (Phi) is 4.16. The number of hydrogen-bond acceptors (Lipinski definition) is 4. The molecule has 19 heavy (non-hydrogen) atoms. The maximum absolute atomic E-state index is 11.9. The molecule has 0 aliphatic rings. The highest BCUT2D eigenvalue weighted by Crippen LogP contribution is 2.19. The Morgan fingerprint density at radius 2 is 2.32 bits per heavy atom. The van der Waals surface area contributed by atoms with E-state index in [4.69, 9.17) is 4.74 Å². The summed E-state index contributed by atoms with van der Waals surface area (Å²) < 4.78 is 6.42. The molecule has 2 aromatic rings. The maximum Gasteiger partial charge on any atom is 0.267 e. The molecule has 0 unspecified atom stereocenters. The molecule has 0 saturated heterocycles. The number of anilines is 1. The largest absolute Gasteiger partial charge is 0.481 e. The average molecular weight is 325 g/mol. The third kappa shape index (κ3) is 3.78. The van der Waals surface area contributed by atoms with Crippen molar-refractivity contribution in [2.24, 2.45) is 0 Å². The summed E-state index contributed by atoms with van der Waals surface area (Å²) in [6.45, 7) is 3.42. The summed E-state index contributed by atoms with van der Waals surface area (Å²) in [5.74, 6) is 1.19. The third-order valence-electron chi connectivity index (χ3n) is 2.31. The zero-order valence-corrected chi connectivity index (χ0v) is 12.1. The number of amides is 1. The average Bonchev–Trinajstić information content (AvgIpc) is 2.74. The Labute approximate surface area is 118 Å². The number of aryl methyl sites for hydroxylation is 1. The number of ether oxygens (including phenoxy) is 1. The number of rotatable bonds is 4. The highest BCUT2D eigenvalue weighted by molar-refractivity contribution is 9.10. The molecule has 1 aromatic carbocycles. The van der Waals surface area contributed by atoms with Crippen molar-refractivity contribution in [3.63, 3.8) is 0 Å². The molecular formula is C12H13BrN4O2. The lowest BCUT2D eigenvalue weighted by Crippen LogP contribution is -2.30. The molecule has 0 aliphatic heterocycles. The van der Waals surface area contributed by atoms with Crippen LogP contribution >= 0.6 is 15.9 Å². The van der Waals surface area contributed by atoms with Crippen LogP contribution < -0.4 is 10.1 Å². The van der Waals surface area contributed by atoms with Crippen LogP contribution in [-0.2, 0) is 4.79 Å². The molecule has 7 heteroatoms. The lowest BCUT2D eigenvalue weighted by Gasteiger charge is -2.13. The van der Waals surface area contributed by atoms with Crippen molar-refractivity contribution in [2.45, 2.75) is 20.0 Å². The summed E-state index contributed by atoms with van der Waals surface area (Å²) in [5, 5.41) is 9.04. The molecular weight excluding hydrogens is 312 g/mol. The van der Waals surface area contributed by atoms with Crippen LogP contribution in [0.3, 0.4) is 0 Å². The SMILES string of the molecule is Cc1nc(NC(=O)[C@@H](C)Oc2cccc(Br)c2)n[nH]1. The quantitative estimate of drug-likeness (QED) is 0.904. The molecule has 0 bridgehead atoms. The van der Waals surface area contributed by atoms with Gasteiger partial charge < -0.3 is 4.74 Å². The van der Waals surface area contributed by atoms with E-state index in [0.717, 1.165) is 4.47 Å². The molecule has 0 spiro atoms. The molecule has 1 aromatic heterocycles. The first-order chi connectivity index (χ1) is 9.04. The van der Waals surface area contributed by atoms with Gasteiger partial charge in [-0.3, -0.25) is 15.2 Å². The summed E-state index contributed by atoms with van der Waals surface area (Å²) in [6, 6.07) is 7.29. The number of carbonyl (C=O) groups excluding carboxylic acids is 1. The number of carbonyl (C=O) groups is 1. The smallest absolute Gasteiger partial charge is 0.267 e. The first-order valence-corrected chi connectivity index (χ1v) is 6.46. The van der Waals surface area contributed by atoms with E-state index in [9.17, 15) is 4.79 Å². The minimum absolute atomic E-state index is 0.243. The van der Waals surface area contributed by atoms with Crippen LogP contribution in [0.4, 0.5) is 5.95 Å². The van der Waals surface area contributed by atoms with E-state index in [1.54, 1.807) is 26.0 Å². The Morgan fingerprint density at radius 1 is 1.53 bits per heavy atom. The zero-order chi connectivity index (χ0) is 13.8. The molecule has 2 rings (SSSR count). The molecule has 0 radical (unpaired) electrons. The fourth-order valence-corrected chi connectivity index (χ4v) is 1.79. The van der Waals surface area contributed by atoms with Gasteiger partial charge in [0.1, 0.15) is 11.6 Å². The van der Waals surface area contributed by atoms with Gasteiger partial charge in [0, 0.05) is 4.47 Å². The van der Waals surface area contributed by atoms with Gasteiger partial charge in [-0.25, -0.2) is 0 Å². The van der Waals surface area contributed by atoms with Crippen LogP contribution in [0, 0.1) is 6.92 Å². The summed E-state index contributed by atoms with van der Waals surface area (Å²) in [4.78, 5) is 15.9. The van der Waals surface area contributed by atoms with Crippen molar-refractivity contribution in [1.82, 2.24) is 15.2 Å². The van der Waals surface area contributed by atoms with Crippen molar-refractivity contribution < 1.29 is 9.53 Å². The normalized spacial score (nSPS) is 11.9. The maximum atomic E-state index is 11.9. The van der Waals surface area contributed by atoms with Gasteiger partial charge in [0.25, 0.3) is 5.91 Å². The van der Waals surface area contributed by atoms with Gasteiger partial charge in [-0.15, -0.1) is 5.10 Å². The number of aromatic nitrogens is 3. The second-order valence-corrected chi connectivity index (χ2v) is 4.87. The number of nitrogens with one attached hydrogen (secondary N) is 2. The number of aromatic amines is 1. The van der Waals surface area contributed by atoms with Crippen molar-refractivity contribution in [3.05, 3.63) is 34.6 Å². The fraction of sp³-hybridized carbons (Fsp3) is 0.250. The van der Waals surface area contributed by atoms with Crippen molar-refractivity contribution in [1.29, 1.82) is 0 Å². The minimum Gasteiger partial charge on any atom is -0.481 e. The van der Waals surface area contributed by atoms with E-state index >= 15 is 0 Å². The topological polar surface area (TPSA) is 79.9 Å². The number of H-pyrrole nitrogens is 1. The summed E-state index contributed by atoms with van der Waals surface area (Å²) in [5.41, 5.74) is 0. The van der Waals surface area contributed by atoms with E-state index in [1.807, 2.05) is 12.1 Å². The molecule has 1 atom stereocenters. The van der Waals surface area contributed by atoms with Gasteiger partial charge >= 0.3 is 0 Å². The second kappa shape index (κ2) is 5.83. The van der Waals surface area contributed by atoms with Crippen LogP contribution in [0.1, 0.15) is 12.7 Å². The predicted molar refractivity (Wildman–Crippen MR) is 74.0 cm³/mol. The molecule has 0 fully saturated rings. The minimum atomic E-state index is -0.645. The highest BCUT2D eigenvalue weighted by Gasteiger charge is 2.16. The van der Waals surface area contributed by atoms with Crippen molar-refractivity contribution >= 4 is 27.8 Å². The van der Waals surface area contributed by atoms with Gasteiger partial charge in [0.05, 0.1) is 0 Å². The van der Waals surface area contributed by atoms with Crippen LogP contribution in [0.25, 0.3) is 0 Å². The first kappa shape index (κ1) is 13.5. The van der Waals surface area contributed by atoms with E-state index in [1.165, 1.54) is 0 Å². The van der Waals surface area contributed by atoms with E-state index in [-0.39, 0.29) is 11.9 Å². The van der Waals surface area contributed by atoms with Crippen LogP contribution in [0.2, 0.25) is 0 Å². The van der Waals surface area contributed by atoms with Crippen molar-refractivity contribution in [3.8, 4) is 5.75 Å². The lowest BCUT2D eigenvalue weighted by atomic mass is 10.3. The van der Waals surface area contributed by atoms with Gasteiger partial charge in [-0.1, -0.05) is 22.0 Å². The van der Waals surface area contributed by atoms with Gasteiger partial charge in [0.2, 0.25) is 5.95 Å². The van der Waals surface area contributed by atoms with Crippen LogP contribution in [0.5, 0.6) is 5.75 Å². The Balaban J connectivity index is 1.96. The van der Waals surface area contributed by atoms with E-state index in [2.05, 4.69) is 36.4 Å².